The number of methoxy groups -OCH3 is 1. The van der Waals surface area contributed by atoms with Crippen molar-refractivity contribution >= 4 is 23.6 Å². The largest absolute Gasteiger partial charge is 0.465 e. The Kier molecular flexibility index (Phi) is 2.60. The van der Waals surface area contributed by atoms with Crippen LogP contribution in [0.25, 0.3) is 0 Å². The summed E-state index contributed by atoms with van der Waals surface area (Å²) >= 11 is 1.25. The van der Waals surface area contributed by atoms with Gasteiger partial charge in [0.2, 0.25) is 0 Å². The fourth-order valence-electron chi connectivity index (χ4n) is 0.859. The Morgan fingerprint density at radius 2 is 2.33 bits per heavy atom. The van der Waals surface area contributed by atoms with Crippen LogP contribution in [-0.2, 0) is 4.74 Å². The Morgan fingerprint density at radius 3 is 2.75 bits per heavy atom. The molecule has 0 aliphatic rings. The fourth-order valence-corrected chi connectivity index (χ4v) is 1.72. The number of ether oxygens (including phenoxy) is 1. The maximum Gasteiger partial charge on any atom is 0.338 e. The molecular formula is C8H8O3S. The predicted molar refractivity (Wildman–Crippen MR) is 45.8 cm³/mol. The summed E-state index contributed by atoms with van der Waals surface area (Å²) in [7, 11) is 1.32. The van der Waals surface area contributed by atoms with Crippen molar-refractivity contribution in [3.63, 3.8) is 0 Å². The lowest BCUT2D eigenvalue weighted by atomic mass is 10.2. The monoisotopic (exact) mass is 184 g/mol. The molecule has 1 rings (SSSR count). The highest BCUT2D eigenvalue weighted by molar-refractivity contribution is 7.12. The number of hydrogen-bond acceptors (Lipinski definition) is 4. The van der Waals surface area contributed by atoms with Gasteiger partial charge in [0.15, 0.2) is 6.29 Å². The molecule has 0 aliphatic heterocycles. The van der Waals surface area contributed by atoms with Gasteiger partial charge in [-0.25, -0.2) is 4.79 Å². The highest BCUT2D eigenvalue weighted by atomic mass is 32.1. The molecule has 0 fully saturated rings. The normalized spacial score (nSPS) is 9.50. The van der Waals surface area contributed by atoms with E-state index < -0.39 is 5.97 Å². The molecule has 0 bridgehead atoms. The predicted octanol–water partition coefficient (Wildman–Crippen LogP) is 1.66. The molecule has 0 aromatic carbocycles. The van der Waals surface area contributed by atoms with E-state index in [0.29, 0.717) is 16.0 Å². The van der Waals surface area contributed by atoms with E-state index in [1.165, 1.54) is 18.4 Å². The third kappa shape index (κ3) is 1.38. The van der Waals surface area contributed by atoms with Gasteiger partial charge in [-0.1, -0.05) is 0 Å². The first kappa shape index (κ1) is 8.93. The zero-order valence-electron chi connectivity index (χ0n) is 6.79. The zero-order valence-corrected chi connectivity index (χ0v) is 7.60. The Morgan fingerprint density at radius 1 is 1.67 bits per heavy atom. The van der Waals surface area contributed by atoms with Crippen molar-refractivity contribution in [3.05, 3.63) is 21.4 Å². The molecule has 3 nitrogen and oxygen atoms in total. The van der Waals surface area contributed by atoms with Crippen LogP contribution >= 0.6 is 11.3 Å². The maximum absolute atomic E-state index is 11.0. The minimum absolute atomic E-state index is 0.392. The van der Waals surface area contributed by atoms with Gasteiger partial charge >= 0.3 is 5.97 Å². The summed E-state index contributed by atoms with van der Waals surface area (Å²) < 4.78 is 4.53. The average molecular weight is 184 g/mol. The Labute approximate surface area is 74.0 Å². The first-order valence-corrected chi connectivity index (χ1v) is 4.20. The number of hydrogen-bond donors (Lipinski definition) is 0. The molecule has 0 radical (unpaired) electrons. The van der Waals surface area contributed by atoms with E-state index in [4.69, 9.17) is 0 Å². The minimum Gasteiger partial charge on any atom is -0.465 e. The highest BCUT2D eigenvalue weighted by Crippen LogP contribution is 2.20. The quantitative estimate of drug-likeness (QED) is 0.518. The summed E-state index contributed by atoms with van der Waals surface area (Å²) in [4.78, 5) is 22.0. The number of esters is 1. The van der Waals surface area contributed by atoms with Crippen molar-refractivity contribution in [1.82, 2.24) is 0 Å². The van der Waals surface area contributed by atoms with Crippen LogP contribution in [0.4, 0.5) is 0 Å². The molecule has 1 heterocycles. The third-order valence-corrected chi connectivity index (χ3v) is 2.60. The van der Waals surface area contributed by atoms with Crippen LogP contribution in [0.3, 0.4) is 0 Å². The van der Waals surface area contributed by atoms with Crippen molar-refractivity contribution in [2.45, 2.75) is 6.92 Å². The van der Waals surface area contributed by atoms with Crippen molar-refractivity contribution < 1.29 is 14.3 Å². The molecule has 0 atom stereocenters. The molecule has 0 unspecified atom stereocenters. The molecule has 12 heavy (non-hydrogen) atoms. The summed E-state index contributed by atoms with van der Waals surface area (Å²) in [6, 6.07) is 0. The molecule has 1 aromatic heterocycles. The van der Waals surface area contributed by atoms with E-state index in [1.54, 1.807) is 12.3 Å². The third-order valence-electron chi connectivity index (χ3n) is 1.59. The minimum atomic E-state index is -0.392. The van der Waals surface area contributed by atoms with Gasteiger partial charge in [-0.05, 0) is 12.5 Å². The van der Waals surface area contributed by atoms with Crippen LogP contribution < -0.4 is 0 Å². The van der Waals surface area contributed by atoms with Crippen LogP contribution in [0.5, 0.6) is 0 Å². The van der Waals surface area contributed by atoms with Gasteiger partial charge in [0.25, 0.3) is 0 Å². The van der Waals surface area contributed by atoms with Crippen LogP contribution in [0.1, 0.15) is 25.6 Å². The lowest BCUT2D eigenvalue weighted by Crippen LogP contribution is -2.01. The van der Waals surface area contributed by atoms with Gasteiger partial charge in [-0.2, -0.15) is 0 Å². The van der Waals surface area contributed by atoms with Crippen molar-refractivity contribution in [3.8, 4) is 0 Å². The molecule has 64 valence electrons. The number of rotatable bonds is 2. The number of aldehydes is 1. The van der Waals surface area contributed by atoms with Gasteiger partial charge in [0.1, 0.15) is 0 Å². The fraction of sp³-hybridized carbons (Fsp3) is 0.250. The average Bonchev–Trinajstić information content (AvgIpc) is 2.45. The molecular weight excluding hydrogens is 176 g/mol. The Bertz CT molecular complexity index is 314. The van der Waals surface area contributed by atoms with Gasteiger partial charge in [-0.15, -0.1) is 11.3 Å². The first-order chi connectivity index (χ1) is 5.70. The molecule has 0 aliphatic carbocycles. The van der Waals surface area contributed by atoms with Crippen LogP contribution in [-0.4, -0.2) is 19.4 Å². The van der Waals surface area contributed by atoms with E-state index in [0.717, 1.165) is 6.29 Å². The summed E-state index contributed by atoms with van der Waals surface area (Å²) in [6.07, 6.45) is 0.742. The zero-order chi connectivity index (χ0) is 9.14. The van der Waals surface area contributed by atoms with Crippen LogP contribution in [0, 0.1) is 6.92 Å². The topological polar surface area (TPSA) is 43.4 Å². The first-order valence-electron chi connectivity index (χ1n) is 3.32. The van der Waals surface area contributed by atoms with Crippen molar-refractivity contribution in [2.24, 2.45) is 0 Å². The summed E-state index contributed by atoms with van der Waals surface area (Å²) in [5, 5.41) is 1.63. The lowest BCUT2D eigenvalue weighted by molar-refractivity contribution is 0.0600. The second kappa shape index (κ2) is 3.49. The standard InChI is InChI=1S/C8H8O3S/c1-5-6(8(10)11-2)4-12-7(5)3-9/h3-4H,1-2H3. The maximum atomic E-state index is 11.0. The van der Waals surface area contributed by atoms with Gasteiger partial charge in [-0.3, -0.25) is 4.79 Å². The Balaban J connectivity index is 3.10. The van der Waals surface area contributed by atoms with Crippen molar-refractivity contribution in [1.29, 1.82) is 0 Å². The van der Waals surface area contributed by atoms with E-state index in [9.17, 15) is 9.59 Å². The highest BCUT2D eigenvalue weighted by Gasteiger charge is 2.13. The summed E-state index contributed by atoms with van der Waals surface area (Å²) in [5.41, 5.74) is 1.17. The molecule has 1 aromatic rings. The van der Waals surface area contributed by atoms with E-state index in [1.807, 2.05) is 0 Å². The summed E-state index contributed by atoms with van der Waals surface area (Å²) in [5.74, 6) is -0.392. The van der Waals surface area contributed by atoms with Gasteiger partial charge < -0.3 is 4.74 Å². The van der Waals surface area contributed by atoms with Gasteiger partial charge in [0.05, 0.1) is 17.6 Å². The smallest absolute Gasteiger partial charge is 0.338 e. The molecule has 0 spiro atoms. The van der Waals surface area contributed by atoms with E-state index >= 15 is 0 Å². The molecule has 4 heteroatoms. The number of carbonyl (C=O) groups excluding carboxylic acids is 2. The van der Waals surface area contributed by atoms with Crippen LogP contribution in [0.15, 0.2) is 5.38 Å². The second-order valence-electron chi connectivity index (χ2n) is 2.25. The number of thiophene rings is 1. The van der Waals surface area contributed by atoms with Crippen LogP contribution in [0.2, 0.25) is 0 Å². The van der Waals surface area contributed by atoms with Gasteiger partial charge in [0, 0.05) is 5.38 Å². The summed E-state index contributed by atoms with van der Waals surface area (Å²) in [6.45, 7) is 1.73. The Hall–Kier alpha value is -1.16. The second-order valence-corrected chi connectivity index (χ2v) is 3.16. The van der Waals surface area contributed by atoms with Crippen molar-refractivity contribution in [2.75, 3.05) is 7.11 Å². The molecule has 0 N–H and O–H groups in total. The SMILES string of the molecule is COC(=O)c1csc(C=O)c1C. The lowest BCUT2D eigenvalue weighted by Gasteiger charge is -1.95. The molecule has 0 saturated heterocycles. The van der Waals surface area contributed by atoms with E-state index in [-0.39, 0.29) is 0 Å². The molecule has 0 saturated carbocycles. The van der Waals surface area contributed by atoms with E-state index in [2.05, 4.69) is 4.74 Å². The molecule has 0 amide bonds. The number of carbonyl (C=O) groups is 2.